The summed E-state index contributed by atoms with van der Waals surface area (Å²) in [5, 5.41) is 1.05. The van der Waals surface area contributed by atoms with E-state index in [-0.39, 0.29) is 18.1 Å². The van der Waals surface area contributed by atoms with Crippen molar-refractivity contribution in [3.8, 4) is 11.5 Å². The van der Waals surface area contributed by atoms with Crippen molar-refractivity contribution in [2.24, 2.45) is 11.8 Å². The van der Waals surface area contributed by atoms with Crippen LogP contribution in [0.2, 0.25) is 0 Å². The van der Waals surface area contributed by atoms with E-state index in [4.69, 9.17) is 9.47 Å². The highest BCUT2D eigenvalue weighted by Crippen LogP contribution is 2.47. The van der Waals surface area contributed by atoms with E-state index in [2.05, 4.69) is 22.9 Å². The molecule has 4 aliphatic heterocycles. The second-order valence-corrected chi connectivity index (χ2v) is 10.9. The average Bonchev–Trinajstić information content (AvgIpc) is 2.98. The van der Waals surface area contributed by atoms with E-state index in [1.165, 1.54) is 12.8 Å². The van der Waals surface area contributed by atoms with Crippen LogP contribution in [-0.4, -0.2) is 35.0 Å². The van der Waals surface area contributed by atoms with Crippen LogP contribution in [0.5, 0.6) is 11.5 Å². The summed E-state index contributed by atoms with van der Waals surface area (Å²) < 4.78 is 12.9. The van der Waals surface area contributed by atoms with Crippen LogP contribution in [0.1, 0.15) is 54.9 Å². The Morgan fingerprint density at radius 1 is 1.00 bits per heavy atom. The Balaban J connectivity index is 1.31. The summed E-state index contributed by atoms with van der Waals surface area (Å²) in [6.07, 6.45) is 4.95. The molecule has 4 aliphatic rings. The number of benzene rings is 3. The van der Waals surface area contributed by atoms with Gasteiger partial charge in [0.1, 0.15) is 23.5 Å². The third-order valence-corrected chi connectivity index (χ3v) is 8.96. The lowest BCUT2D eigenvalue weighted by atomic mass is 9.72. The summed E-state index contributed by atoms with van der Waals surface area (Å²) in [6.45, 7) is 4.44. The monoisotopic (exact) mass is 504 g/mol. The minimum atomic E-state index is -0.536. The molecule has 0 saturated carbocycles. The van der Waals surface area contributed by atoms with E-state index in [9.17, 15) is 4.79 Å². The fraction of sp³-hybridized carbons (Fsp3) is 0.333. The van der Waals surface area contributed by atoms with Crippen molar-refractivity contribution in [2.75, 3.05) is 13.1 Å². The maximum atomic E-state index is 14.3. The number of hydrogen-bond acceptors (Lipinski definition) is 5. The molecule has 5 heterocycles. The first-order chi connectivity index (χ1) is 18.7. The van der Waals surface area contributed by atoms with Crippen LogP contribution in [0.15, 0.2) is 85.1 Å². The molecule has 38 heavy (non-hydrogen) atoms. The number of ether oxygens (including phenoxy) is 2. The van der Waals surface area contributed by atoms with Crippen LogP contribution < -0.4 is 4.74 Å². The second kappa shape index (κ2) is 9.55. The second-order valence-electron chi connectivity index (χ2n) is 10.9. The Labute approximate surface area is 223 Å². The number of piperidine rings is 3. The number of fused-ring (bicyclic) bond motifs is 6. The number of carbonyl (C=O) groups is 1. The predicted octanol–water partition coefficient (Wildman–Crippen LogP) is 6.88. The summed E-state index contributed by atoms with van der Waals surface area (Å²) in [7, 11) is 0. The van der Waals surface area contributed by atoms with Crippen molar-refractivity contribution in [1.29, 1.82) is 0 Å². The minimum Gasteiger partial charge on any atom is -0.457 e. The molecule has 0 N–H and O–H groups in total. The van der Waals surface area contributed by atoms with Crippen molar-refractivity contribution in [3.63, 3.8) is 0 Å². The number of carbonyl (C=O) groups excluding carboxylic acids is 1. The normalized spacial score (nSPS) is 24.8. The molecular weight excluding hydrogens is 472 g/mol. The molecule has 3 fully saturated rings. The van der Waals surface area contributed by atoms with Gasteiger partial charge in [-0.3, -0.25) is 14.7 Å². The number of hydrogen-bond donors (Lipinski definition) is 0. The predicted molar refractivity (Wildman–Crippen MR) is 147 cm³/mol. The lowest BCUT2D eigenvalue weighted by Gasteiger charge is -2.52. The largest absolute Gasteiger partial charge is 0.457 e. The van der Waals surface area contributed by atoms with Crippen LogP contribution in [0, 0.1) is 11.8 Å². The van der Waals surface area contributed by atoms with Gasteiger partial charge in [0.05, 0.1) is 11.6 Å². The van der Waals surface area contributed by atoms with E-state index in [0.717, 1.165) is 53.0 Å². The summed E-state index contributed by atoms with van der Waals surface area (Å²) >= 11 is 0. The van der Waals surface area contributed by atoms with Crippen molar-refractivity contribution in [1.82, 2.24) is 9.88 Å². The van der Waals surface area contributed by atoms with E-state index >= 15 is 0 Å². The smallest absolute Gasteiger partial charge is 0.318 e. The molecule has 8 rings (SSSR count). The standard InChI is InChI=1S/C33H32N2O3/c1-2-21-20-35-18-16-22(21)19-28(35)32(24-15-17-34-27-12-6-3-9-23(24)27)38-33(36)31-25-10-4-7-13-29(25)37-30-14-8-5-11-26(30)31/h3-15,17,21-22,28,31-32H,2,16,18-20H2,1H3. The van der Waals surface area contributed by atoms with Gasteiger partial charge >= 0.3 is 5.97 Å². The molecule has 0 amide bonds. The van der Waals surface area contributed by atoms with Crippen molar-refractivity contribution in [3.05, 3.63) is 102 Å². The SMILES string of the molecule is CCC1CN2CCC1CC2C(OC(=O)C1c2ccccc2Oc2ccccc21)c1ccnc2ccccc12. The zero-order valence-electron chi connectivity index (χ0n) is 21.6. The zero-order chi connectivity index (χ0) is 25.6. The molecule has 3 saturated heterocycles. The molecule has 0 spiro atoms. The van der Waals surface area contributed by atoms with Gasteiger partial charge in [-0.25, -0.2) is 0 Å². The molecule has 192 valence electrons. The zero-order valence-corrected chi connectivity index (χ0v) is 21.6. The van der Waals surface area contributed by atoms with Crippen LogP contribution in [0.25, 0.3) is 10.9 Å². The van der Waals surface area contributed by atoms with Crippen LogP contribution in [0.3, 0.4) is 0 Å². The van der Waals surface area contributed by atoms with Crippen molar-refractivity contribution in [2.45, 2.75) is 44.2 Å². The molecule has 5 unspecified atom stereocenters. The number of pyridine rings is 1. The Morgan fingerprint density at radius 2 is 1.71 bits per heavy atom. The van der Waals surface area contributed by atoms with Crippen LogP contribution in [0.4, 0.5) is 0 Å². The van der Waals surface area contributed by atoms with Gasteiger partial charge in [0, 0.05) is 34.8 Å². The topological polar surface area (TPSA) is 51.7 Å². The van der Waals surface area contributed by atoms with Gasteiger partial charge in [0.2, 0.25) is 0 Å². The van der Waals surface area contributed by atoms with E-state index < -0.39 is 5.92 Å². The maximum Gasteiger partial charge on any atom is 0.318 e. The number of nitrogens with zero attached hydrogens (tertiary/aromatic N) is 2. The lowest BCUT2D eigenvalue weighted by molar-refractivity contribution is -0.159. The molecule has 5 heteroatoms. The summed E-state index contributed by atoms with van der Waals surface area (Å²) in [5.74, 6) is 2.06. The molecule has 0 aliphatic carbocycles. The van der Waals surface area contributed by atoms with Gasteiger partial charge in [0.15, 0.2) is 0 Å². The van der Waals surface area contributed by atoms with Crippen LogP contribution >= 0.6 is 0 Å². The van der Waals surface area contributed by atoms with Gasteiger partial charge in [-0.05, 0) is 55.5 Å². The number of esters is 1. The quantitative estimate of drug-likeness (QED) is 0.277. The number of para-hydroxylation sites is 3. The third-order valence-electron chi connectivity index (χ3n) is 8.96. The first kappa shape index (κ1) is 23.4. The Hall–Kier alpha value is -3.70. The first-order valence-corrected chi connectivity index (χ1v) is 13.8. The molecular formula is C33H32N2O3. The summed E-state index contributed by atoms with van der Waals surface area (Å²) in [5.41, 5.74) is 3.68. The van der Waals surface area contributed by atoms with Gasteiger partial charge < -0.3 is 9.47 Å². The highest BCUT2D eigenvalue weighted by Gasteiger charge is 2.45. The molecule has 1 aromatic heterocycles. The summed E-state index contributed by atoms with van der Waals surface area (Å²) in [4.78, 5) is 21.5. The summed E-state index contributed by atoms with van der Waals surface area (Å²) in [6, 6.07) is 26.0. The number of rotatable bonds is 5. The van der Waals surface area contributed by atoms with Gasteiger partial charge in [-0.1, -0.05) is 67.9 Å². The van der Waals surface area contributed by atoms with Crippen molar-refractivity contribution < 1.29 is 14.3 Å². The average molecular weight is 505 g/mol. The molecule has 0 radical (unpaired) electrons. The van der Waals surface area contributed by atoms with Crippen LogP contribution in [-0.2, 0) is 9.53 Å². The highest BCUT2D eigenvalue weighted by molar-refractivity contribution is 5.87. The molecule has 3 aromatic carbocycles. The minimum absolute atomic E-state index is 0.150. The van der Waals surface area contributed by atoms with E-state index in [1.54, 1.807) is 0 Å². The first-order valence-electron chi connectivity index (χ1n) is 13.8. The highest BCUT2D eigenvalue weighted by atomic mass is 16.5. The molecule has 2 bridgehead atoms. The fourth-order valence-electron chi connectivity index (χ4n) is 7.03. The van der Waals surface area contributed by atoms with Gasteiger partial charge in [-0.15, -0.1) is 0 Å². The lowest BCUT2D eigenvalue weighted by Crippen LogP contribution is -2.55. The van der Waals surface area contributed by atoms with E-state index in [0.29, 0.717) is 17.4 Å². The Morgan fingerprint density at radius 3 is 2.42 bits per heavy atom. The fourth-order valence-corrected chi connectivity index (χ4v) is 7.03. The van der Waals surface area contributed by atoms with E-state index in [1.807, 2.05) is 79.0 Å². The van der Waals surface area contributed by atoms with Gasteiger partial charge in [-0.2, -0.15) is 0 Å². The van der Waals surface area contributed by atoms with Gasteiger partial charge in [0.25, 0.3) is 0 Å². The maximum absolute atomic E-state index is 14.3. The third kappa shape index (κ3) is 3.88. The molecule has 5 nitrogen and oxygen atoms in total. The van der Waals surface area contributed by atoms with Crippen molar-refractivity contribution >= 4 is 16.9 Å². The molecule has 4 aromatic rings. The Bertz CT molecular complexity index is 1450. The molecule has 5 atom stereocenters. The Kier molecular flexibility index (Phi) is 5.89. The number of aromatic nitrogens is 1.